The molecule has 0 amide bonds. The Hall–Kier alpha value is -0.480. The van der Waals surface area contributed by atoms with Crippen molar-refractivity contribution in [1.82, 2.24) is 14.9 Å². The third-order valence-corrected chi connectivity index (χ3v) is 3.56. The number of hydrogen-bond donors (Lipinski definition) is 1. The van der Waals surface area contributed by atoms with E-state index in [0.29, 0.717) is 6.04 Å². The van der Waals surface area contributed by atoms with Gasteiger partial charge in [-0.3, -0.25) is 0 Å². The Kier molecular flexibility index (Phi) is 5.79. The minimum absolute atomic E-state index is 0.450. The largest absolute Gasteiger partial charge is 0.312 e. The molecule has 1 rings (SSSR count). The van der Waals surface area contributed by atoms with E-state index in [2.05, 4.69) is 28.8 Å². The van der Waals surface area contributed by atoms with Gasteiger partial charge in [0.2, 0.25) is 0 Å². The quantitative estimate of drug-likeness (QED) is 0.728. The van der Waals surface area contributed by atoms with Crippen LogP contribution in [-0.4, -0.2) is 16.6 Å². The van der Waals surface area contributed by atoms with Crippen LogP contribution in [0.1, 0.15) is 56.1 Å². The van der Waals surface area contributed by atoms with Gasteiger partial charge in [0.05, 0.1) is 10.6 Å². The smallest absolute Gasteiger partial charge is 0.0800 e. The topological polar surface area (TPSA) is 37.8 Å². The number of hydrogen-bond acceptors (Lipinski definition) is 4. The van der Waals surface area contributed by atoms with Crippen molar-refractivity contribution in [1.29, 1.82) is 0 Å². The molecule has 0 aliphatic heterocycles. The highest BCUT2D eigenvalue weighted by Gasteiger charge is 2.15. The van der Waals surface area contributed by atoms with Crippen molar-refractivity contribution < 1.29 is 0 Å². The molecule has 1 unspecified atom stereocenters. The number of aromatic nitrogens is 2. The van der Waals surface area contributed by atoms with Crippen molar-refractivity contribution in [2.75, 3.05) is 7.05 Å². The van der Waals surface area contributed by atoms with Gasteiger partial charge >= 0.3 is 0 Å². The van der Waals surface area contributed by atoms with Gasteiger partial charge in [-0.1, -0.05) is 37.6 Å². The molecular weight excluding hydrogens is 206 g/mol. The molecule has 0 saturated heterocycles. The van der Waals surface area contributed by atoms with Crippen molar-refractivity contribution in [3.8, 4) is 0 Å². The first-order valence-electron chi connectivity index (χ1n) is 5.81. The first-order valence-corrected chi connectivity index (χ1v) is 6.59. The summed E-state index contributed by atoms with van der Waals surface area (Å²) in [5, 5.41) is 7.53. The summed E-state index contributed by atoms with van der Waals surface area (Å²) in [4.78, 5) is 1.33. The summed E-state index contributed by atoms with van der Waals surface area (Å²) in [6.45, 7) is 4.37. The fourth-order valence-electron chi connectivity index (χ4n) is 1.73. The molecule has 0 aliphatic rings. The summed E-state index contributed by atoms with van der Waals surface area (Å²) < 4.78 is 4.04. The number of unbranched alkanes of at least 4 members (excludes halogenated alkanes) is 2. The molecule has 1 atom stereocenters. The second kappa shape index (κ2) is 6.90. The van der Waals surface area contributed by atoms with E-state index in [9.17, 15) is 0 Å². The summed E-state index contributed by atoms with van der Waals surface area (Å²) in [6, 6.07) is 0.450. The molecule has 1 N–H and O–H groups in total. The van der Waals surface area contributed by atoms with E-state index >= 15 is 0 Å². The van der Waals surface area contributed by atoms with Crippen LogP contribution in [0.3, 0.4) is 0 Å². The van der Waals surface area contributed by atoms with E-state index in [-0.39, 0.29) is 0 Å². The predicted octanol–water partition coefficient (Wildman–Crippen LogP) is 2.94. The fourth-order valence-corrected chi connectivity index (χ4v) is 2.61. The summed E-state index contributed by atoms with van der Waals surface area (Å²) >= 11 is 1.54. The van der Waals surface area contributed by atoms with Gasteiger partial charge in [0.1, 0.15) is 0 Å². The van der Waals surface area contributed by atoms with Crippen molar-refractivity contribution >= 4 is 11.5 Å². The highest BCUT2D eigenvalue weighted by Crippen LogP contribution is 2.25. The summed E-state index contributed by atoms with van der Waals surface area (Å²) in [6.07, 6.45) is 6.05. The lowest BCUT2D eigenvalue weighted by Gasteiger charge is -2.14. The van der Waals surface area contributed by atoms with Crippen LogP contribution in [0.25, 0.3) is 0 Å². The van der Waals surface area contributed by atoms with Gasteiger partial charge in [-0.25, -0.2) is 0 Å². The molecule has 4 heteroatoms. The van der Waals surface area contributed by atoms with E-state index in [0.717, 1.165) is 12.1 Å². The Bertz CT molecular complexity index is 273. The van der Waals surface area contributed by atoms with Crippen LogP contribution in [0.2, 0.25) is 0 Å². The molecule has 86 valence electrons. The van der Waals surface area contributed by atoms with Gasteiger partial charge in [0.15, 0.2) is 0 Å². The average Bonchev–Trinajstić information content (AvgIpc) is 2.72. The maximum absolute atomic E-state index is 4.16. The Morgan fingerprint density at radius 1 is 1.33 bits per heavy atom. The molecule has 1 heterocycles. The minimum atomic E-state index is 0.450. The highest BCUT2D eigenvalue weighted by atomic mass is 32.1. The second-order valence-electron chi connectivity index (χ2n) is 3.77. The molecular formula is C11H21N3S. The zero-order chi connectivity index (χ0) is 11.1. The Morgan fingerprint density at radius 3 is 2.73 bits per heavy atom. The molecule has 15 heavy (non-hydrogen) atoms. The third kappa shape index (κ3) is 3.54. The number of rotatable bonds is 7. The van der Waals surface area contributed by atoms with Crippen LogP contribution in [0, 0.1) is 0 Å². The lowest BCUT2D eigenvalue weighted by Crippen LogP contribution is -2.16. The first-order chi connectivity index (χ1) is 7.33. The Labute approximate surface area is 96.5 Å². The van der Waals surface area contributed by atoms with Gasteiger partial charge in [-0.2, -0.15) is 0 Å². The van der Waals surface area contributed by atoms with Gasteiger partial charge in [0, 0.05) is 6.04 Å². The number of aryl methyl sites for hydroxylation is 1. The maximum Gasteiger partial charge on any atom is 0.0800 e. The molecule has 0 aromatic carbocycles. The van der Waals surface area contributed by atoms with E-state index in [4.69, 9.17) is 0 Å². The third-order valence-electron chi connectivity index (χ3n) is 2.68. The van der Waals surface area contributed by atoms with E-state index in [1.165, 1.54) is 30.6 Å². The van der Waals surface area contributed by atoms with Crippen LogP contribution in [0.15, 0.2) is 0 Å². The molecule has 0 spiro atoms. The van der Waals surface area contributed by atoms with Gasteiger partial charge in [0.25, 0.3) is 0 Å². The zero-order valence-electron chi connectivity index (χ0n) is 9.92. The number of nitrogens with one attached hydrogen (secondary N) is 1. The SMILES string of the molecule is CCCCCC(NC)c1snnc1CC. The van der Waals surface area contributed by atoms with Crippen molar-refractivity contribution in [2.24, 2.45) is 0 Å². The fraction of sp³-hybridized carbons (Fsp3) is 0.818. The van der Waals surface area contributed by atoms with Crippen LogP contribution in [-0.2, 0) is 6.42 Å². The van der Waals surface area contributed by atoms with Crippen LogP contribution in [0.4, 0.5) is 0 Å². The molecule has 0 fully saturated rings. The molecule has 0 radical (unpaired) electrons. The van der Waals surface area contributed by atoms with E-state index in [1.54, 1.807) is 11.5 Å². The van der Waals surface area contributed by atoms with E-state index < -0.39 is 0 Å². The van der Waals surface area contributed by atoms with Crippen LogP contribution < -0.4 is 5.32 Å². The van der Waals surface area contributed by atoms with Crippen molar-refractivity contribution in [2.45, 2.75) is 52.0 Å². The van der Waals surface area contributed by atoms with Gasteiger partial charge < -0.3 is 5.32 Å². The first kappa shape index (κ1) is 12.6. The molecule has 3 nitrogen and oxygen atoms in total. The minimum Gasteiger partial charge on any atom is -0.312 e. The summed E-state index contributed by atoms with van der Waals surface area (Å²) in [5.41, 5.74) is 1.16. The zero-order valence-corrected chi connectivity index (χ0v) is 10.7. The van der Waals surface area contributed by atoms with Crippen LogP contribution >= 0.6 is 11.5 Å². The lowest BCUT2D eigenvalue weighted by atomic mass is 10.1. The predicted molar refractivity (Wildman–Crippen MR) is 65.2 cm³/mol. The van der Waals surface area contributed by atoms with Gasteiger partial charge in [-0.05, 0) is 31.4 Å². The highest BCUT2D eigenvalue weighted by molar-refractivity contribution is 7.05. The molecule has 1 aromatic rings. The molecule has 0 saturated carbocycles. The standard InChI is InChI=1S/C11H21N3S/c1-4-6-7-8-10(12-3)11-9(5-2)13-14-15-11/h10,12H,4-8H2,1-3H3. The molecule has 0 bridgehead atoms. The normalized spacial score (nSPS) is 13.0. The lowest BCUT2D eigenvalue weighted by molar-refractivity contribution is 0.515. The Balaban J connectivity index is 2.57. The van der Waals surface area contributed by atoms with Crippen molar-refractivity contribution in [3.63, 3.8) is 0 Å². The number of nitrogens with zero attached hydrogens (tertiary/aromatic N) is 2. The Morgan fingerprint density at radius 2 is 2.13 bits per heavy atom. The maximum atomic E-state index is 4.16. The molecule has 0 aliphatic carbocycles. The van der Waals surface area contributed by atoms with E-state index in [1.807, 2.05) is 7.05 Å². The molecule has 1 aromatic heterocycles. The monoisotopic (exact) mass is 227 g/mol. The van der Waals surface area contributed by atoms with Crippen molar-refractivity contribution in [3.05, 3.63) is 10.6 Å². The summed E-state index contributed by atoms with van der Waals surface area (Å²) in [5.74, 6) is 0. The summed E-state index contributed by atoms with van der Waals surface area (Å²) in [7, 11) is 2.02. The van der Waals surface area contributed by atoms with Crippen LogP contribution in [0.5, 0.6) is 0 Å². The van der Waals surface area contributed by atoms with Gasteiger partial charge in [-0.15, -0.1) is 5.10 Å². The second-order valence-corrected chi connectivity index (χ2v) is 4.56. The average molecular weight is 227 g/mol.